The summed E-state index contributed by atoms with van der Waals surface area (Å²) in [5.74, 6) is 3.39. The largest absolute Gasteiger partial charge is 0.357 e. The van der Waals surface area contributed by atoms with E-state index in [1.807, 2.05) is 0 Å². The lowest BCUT2D eigenvalue weighted by atomic mass is 9.64. The minimum atomic E-state index is 0.222. The summed E-state index contributed by atoms with van der Waals surface area (Å²) in [5, 5.41) is 6.38. The third kappa shape index (κ3) is 3.33. The zero-order valence-electron chi connectivity index (χ0n) is 12.2. The standard InChI is InChI=1S/C17H23N3/c1-3-13-19-16(18-4-2)20-14-17(11-8-12-17)15-9-6-5-7-10-15/h1,5-7,9-10H,4,8,11-14H2,2H3,(H2,18,19,20). The van der Waals surface area contributed by atoms with Gasteiger partial charge in [0.25, 0.3) is 0 Å². The quantitative estimate of drug-likeness (QED) is 0.489. The normalized spacial score (nSPS) is 16.9. The van der Waals surface area contributed by atoms with Gasteiger partial charge in [-0.05, 0) is 25.3 Å². The lowest BCUT2D eigenvalue weighted by Crippen LogP contribution is -2.41. The van der Waals surface area contributed by atoms with Gasteiger partial charge in [0.15, 0.2) is 5.96 Å². The molecule has 0 unspecified atom stereocenters. The van der Waals surface area contributed by atoms with Crippen molar-refractivity contribution in [3.8, 4) is 12.3 Å². The molecule has 2 N–H and O–H groups in total. The highest BCUT2D eigenvalue weighted by Gasteiger charge is 2.38. The first-order valence-electron chi connectivity index (χ1n) is 7.32. The van der Waals surface area contributed by atoms with E-state index in [4.69, 9.17) is 11.4 Å². The van der Waals surface area contributed by atoms with Crippen molar-refractivity contribution in [2.75, 3.05) is 19.6 Å². The topological polar surface area (TPSA) is 36.4 Å². The Morgan fingerprint density at radius 2 is 2.05 bits per heavy atom. The molecule has 0 aromatic heterocycles. The van der Waals surface area contributed by atoms with Crippen LogP contribution < -0.4 is 10.6 Å². The number of guanidine groups is 1. The molecule has 0 amide bonds. The van der Waals surface area contributed by atoms with Gasteiger partial charge in [-0.25, -0.2) is 0 Å². The first-order chi connectivity index (χ1) is 9.80. The van der Waals surface area contributed by atoms with Gasteiger partial charge in [0.1, 0.15) is 0 Å². The van der Waals surface area contributed by atoms with E-state index in [-0.39, 0.29) is 5.41 Å². The summed E-state index contributed by atoms with van der Waals surface area (Å²) in [5.41, 5.74) is 1.63. The number of nitrogens with zero attached hydrogens (tertiary/aromatic N) is 1. The number of nitrogens with one attached hydrogen (secondary N) is 2. The van der Waals surface area contributed by atoms with Crippen molar-refractivity contribution < 1.29 is 0 Å². The fourth-order valence-corrected chi connectivity index (χ4v) is 2.64. The third-order valence-corrected chi connectivity index (χ3v) is 3.94. The number of rotatable bonds is 5. The summed E-state index contributed by atoms with van der Waals surface area (Å²) in [6.45, 7) is 4.22. The van der Waals surface area contributed by atoms with Crippen molar-refractivity contribution in [2.45, 2.75) is 31.6 Å². The molecule has 106 valence electrons. The highest BCUT2D eigenvalue weighted by Crippen LogP contribution is 2.43. The van der Waals surface area contributed by atoms with Crippen LogP contribution in [0.15, 0.2) is 35.3 Å². The maximum atomic E-state index is 5.29. The summed E-state index contributed by atoms with van der Waals surface area (Å²) >= 11 is 0. The Hall–Kier alpha value is -1.95. The highest BCUT2D eigenvalue weighted by atomic mass is 15.2. The van der Waals surface area contributed by atoms with E-state index in [0.29, 0.717) is 6.54 Å². The molecule has 0 atom stereocenters. The van der Waals surface area contributed by atoms with E-state index in [1.165, 1.54) is 24.8 Å². The van der Waals surface area contributed by atoms with Crippen LogP contribution in [-0.4, -0.2) is 25.6 Å². The first-order valence-corrected chi connectivity index (χ1v) is 7.32. The van der Waals surface area contributed by atoms with Crippen LogP contribution in [0.5, 0.6) is 0 Å². The Kier molecular flexibility index (Phi) is 5.06. The molecular formula is C17H23N3. The van der Waals surface area contributed by atoms with Crippen molar-refractivity contribution in [3.05, 3.63) is 35.9 Å². The number of benzene rings is 1. The molecule has 0 spiro atoms. The van der Waals surface area contributed by atoms with E-state index in [9.17, 15) is 0 Å². The van der Waals surface area contributed by atoms with Crippen LogP contribution in [0.25, 0.3) is 0 Å². The van der Waals surface area contributed by atoms with E-state index in [1.54, 1.807) is 0 Å². The highest BCUT2D eigenvalue weighted by molar-refractivity contribution is 5.80. The predicted molar refractivity (Wildman–Crippen MR) is 84.8 cm³/mol. The number of hydrogen-bond donors (Lipinski definition) is 2. The molecule has 1 aliphatic carbocycles. The monoisotopic (exact) mass is 269 g/mol. The van der Waals surface area contributed by atoms with Gasteiger partial charge in [0.05, 0.1) is 13.1 Å². The van der Waals surface area contributed by atoms with Crippen molar-refractivity contribution in [1.82, 2.24) is 10.6 Å². The zero-order valence-corrected chi connectivity index (χ0v) is 12.2. The molecule has 0 radical (unpaired) electrons. The molecule has 0 saturated heterocycles. The molecule has 0 aliphatic heterocycles. The second kappa shape index (κ2) is 7.00. The minimum Gasteiger partial charge on any atom is -0.357 e. The Labute approximate surface area is 121 Å². The van der Waals surface area contributed by atoms with Gasteiger partial charge in [0.2, 0.25) is 0 Å². The maximum absolute atomic E-state index is 5.29. The Bertz CT molecular complexity index is 481. The van der Waals surface area contributed by atoms with Gasteiger partial charge >= 0.3 is 0 Å². The predicted octanol–water partition coefficient (Wildman–Crippen LogP) is 2.30. The van der Waals surface area contributed by atoms with Crippen molar-refractivity contribution in [2.24, 2.45) is 4.99 Å². The lowest BCUT2D eigenvalue weighted by molar-refractivity contribution is 0.253. The number of terminal acetylenes is 1. The molecule has 1 aliphatic rings. The average molecular weight is 269 g/mol. The molecule has 1 aromatic rings. The molecule has 0 heterocycles. The Morgan fingerprint density at radius 3 is 2.60 bits per heavy atom. The van der Waals surface area contributed by atoms with Gasteiger partial charge in [-0.2, -0.15) is 0 Å². The zero-order chi connectivity index (χ0) is 14.3. The van der Waals surface area contributed by atoms with Gasteiger partial charge in [-0.3, -0.25) is 4.99 Å². The molecule has 1 fully saturated rings. The first kappa shape index (κ1) is 14.5. The summed E-state index contributed by atoms with van der Waals surface area (Å²) < 4.78 is 0. The van der Waals surface area contributed by atoms with Gasteiger partial charge in [-0.1, -0.05) is 42.7 Å². The van der Waals surface area contributed by atoms with Crippen LogP contribution in [0.3, 0.4) is 0 Å². The fraction of sp³-hybridized carbons (Fsp3) is 0.471. The molecule has 1 saturated carbocycles. The van der Waals surface area contributed by atoms with Crippen molar-refractivity contribution >= 4 is 5.96 Å². The average Bonchev–Trinajstić information content (AvgIpc) is 2.44. The number of aliphatic imine (C=N–C) groups is 1. The van der Waals surface area contributed by atoms with Crippen LogP contribution in [0, 0.1) is 12.3 Å². The molecule has 0 bridgehead atoms. The minimum absolute atomic E-state index is 0.222. The SMILES string of the molecule is C#CCNC(=NCC1(c2ccccc2)CCC1)NCC. The van der Waals surface area contributed by atoms with E-state index < -0.39 is 0 Å². The molecule has 3 heteroatoms. The van der Waals surface area contributed by atoms with Crippen LogP contribution in [0.2, 0.25) is 0 Å². The van der Waals surface area contributed by atoms with E-state index >= 15 is 0 Å². The second-order valence-corrected chi connectivity index (χ2v) is 5.25. The van der Waals surface area contributed by atoms with Crippen molar-refractivity contribution in [1.29, 1.82) is 0 Å². The third-order valence-electron chi connectivity index (χ3n) is 3.94. The Morgan fingerprint density at radius 1 is 1.30 bits per heavy atom. The molecule has 20 heavy (non-hydrogen) atoms. The van der Waals surface area contributed by atoms with Crippen LogP contribution in [0.4, 0.5) is 0 Å². The van der Waals surface area contributed by atoms with Gasteiger partial charge in [-0.15, -0.1) is 6.42 Å². The fourth-order valence-electron chi connectivity index (χ4n) is 2.64. The summed E-state index contributed by atoms with van der Waals surface area (Å²) in [4.78, 5) is 4.72. The van der Waals surface area contributed by atoms with Crippen LogP contribution in [-0.2, 0) is 5.41 Å². The molecule has 3 nitrogen and oxygen atoms in total. The van der Waals surface area contributed by atoms with E-state index in [2.05, 4.69) is 53.8 Å². The summed E-state index contributed by atoms with van der Waals surface area (Å²) in [6.07, 6.45) is 9.01. The molecule has 2 rings (SSSR count). The summed E-state index contributed by atoms with van der Waals surface area (Å²) in [6, 6.07) is 10.7. The molecule has 1 aromatic carbocycles. The van der Waals surface area contributed by atoms with Crippen molar-refractivity contribution in [3.63, 3.8) is 0 Å². The smallest absolute Gasteiger partial charge is 0.192 e. The van der Waals surface area contributed by atoms with Crippen LogP contribution in [0.1, 0.15) is 31.7 Å². The maximum Gasteiger partial charge on any atom is 0.192 e. The Balaban J connectivity index is 2.07. The van der Waals surface area contributed by atoms with E-state index in [0.717, 1.165) is 19.0 Å². The summed E-state index contributed by atoms with van der Waals surface area (Å²) in [7, 11) is 0. The van der Waals surface area contributed by atoms with Crippen LogP contribution >= 0.6 is 0 Å². The molecular weight excluding hydrogens is 246 g/mol. The second-order valence-electron chi connectivity index (χ2n) is 5.25. The number of hydrogen-bond acceptors (Lipinski definition) is 1. The van der Waals surface area contributed by atoms with Gasteiger partial charge < -0.3 is 10.6 Å². The van der Waals surface area contributed by atoms with Gasteiger partial charge in [0, 0.05) is 12.0 Å². The lowest BCUT2D eigenvalue weighted by Gasteiger charge is -2.41.